The molecule has 0 atom stereocenters. The standard InChI is InChI=1S/C12H23N3O.ClH/c1-10(2)16-7-5-6-13-9-12-8-11(3)14-15(12)4;/h8,10,13H,5-7,9H2,1-4H3;1H. The van der Waals surface area contributed by atoms with Gasteiger partial charge in [0.2, 0.25) is 0 Å². The molecular weight excluding hydrogens is 238 g/mol. The van der Waals surface area contributed by atoms with E-state index in [2.05, 4.69) is 30.3 Å². The lowest BCUT2D eigenvalue weighted by Crippen LogP contribution is -2.18. The normalized spacial score (nSPS) is 10.6. The molecule has 0 aromatic carbocycles. The summed E-state index contributed by atoms with van der Waals surface area (Å²) >= 11 is 0. The summed E-state index contributed by atoms with van der Waals surface area (Å²) in [4.78, 5) is 0. The second kappa shape index (κ2) is 8.50. The molecule has 0 bridgehead atoms. The molecule has 0 radical (unpaired) electrons. The number of nitrogens with one attached hydrogen (secondary N) is 1. The summed E-state index contributed by atoms with van der Waals surface area (Å²) in [7, 11) is 1.98. The topological polar surface area (TPSA) is 39.1 Å². The Balaban J connectivity index is 0.00000256. The highest BCUT2D eigenvalue weighted by Gasteiger charge is 2.00. The van der Waals surface area contributed by atoms with Crippen molar-refractivity contribution in [2.24, 2.45) is 7.05 Å². The third-order valence-electron chi connectivity index (χ3n) is 2.35. The molecule has 0 saturated carbocycles. The fourth-order valence-corrected chi connectivity index (χ4v) is 1.56. The number of nitrogens with zero attached hydrogens (tertiary/aromatic N) is 2. The molecule has 1 aromatic rings. The van der Waals surface area contributed by atoms with Crippen molar-refractivity contribution < 1.29 is 4.74 Å². The van der Waals surface area contributed by atoms with Crippen molar-refractivity contribution in [2.75, 3.05) is 13.2 Å². The first-order chi connectivity index (χ1) is 7.59. The van der Waals surface area contributed by atoms with Gasteiger partial charge in [0.25, 0.3) is 0 Å². The van der Waals surface area contributed by atoms with Crippen LogP contribution in [0.5, 0.6) is 0 Å². The zero-order valence-corrected chi connectivity index (χ0v) is 12.0. The highest BCUT2D eigenvalue weighted by molar-refractivity contribution is 5.85. The van der Waals surface area contributed by atoms with E-state index in [0.29, 0.717) is 6.10 Å². The number of hydrogen-bond donors (Lipinski definition) is 1. The van der Waals surface area contributed by atoms with Gasteiger partial charge in [-0.15, -0.1) is 12.4 Å². The fourth-order valence-electron chi connectivity index (χ4n) is 1.56. The molecule has 0 aliphatic rings. The lowest BCUT2D eigenvalue weighted by atomic mass is 10.3. The second-order valence-corrected chi connectivity index (χ2v) is 4.35. The molecule has 5 heteroatoms. The van der Waals surface area contributed by atoms with Gasteiger partial charge in [-0.1, -0.05) is 0 Å². The average Bonchev–Trinajstić information content (AvgIpc) is 2.50. The van der Waals surface area contributed by atoms with Crippen LogP contribution in [0.2, 0.25) is 0 Å². The molecule has 0 saturated heterocycles. The Labute approximate surface area is 110 Å². The van der Waals surface area contributed by atoms with Gasteiger partial charge in [-0.3, -0.25) is 4.68 Å². The van der Waals surface area contributed by atoms with Crippen LogP contribution in [0.3, 0.4) is 0 Å². The second-order valence-electron chi connectivity index (χ2n) is 4.35. The molecule has 0 amide bonds. The molecule has 0 fully saturated rings. The van der Waals surface area contributed by atoms with Gasteiger partial charge in [0.05, 0.1) is 17.5 Å². The molecule has 1 aromatic heterocycles. The third-order valence-corrected chi connectivity index (χ3v) is 2.35. The van der Waals surface area contributed by atoms with Gasteiger partial charge in [-0.25, -0.2) is 0 Å². The largest absolute Gasteiger partial charge is 0.379 e. The lowest BCUT2D eigenvalue weighted by molar-refractivity contribution is 0.0770. The third kappa shape index (κ3) is 6.66. The van der Waals surface area contributed by atoms with E-state index in [0.717, 1.165) is 31.8 Å². The summed E-state index contributed by atoms with van der Waals surface area (Å²) in [6.07, 6.45) is 1.38. The monoisotopic (exact) mass is 261 g/mol. The Morgan fingerprint density at radius 3 is 2.71 bits per heavy atom. The van der Waals surface area contributed by atoms with Crippen molar-refractivity contribution >= 4 is 12.4 Å². The Hall–Kier alpha value is -0.580. The molecule has 100 valence electrons. The van der Waals surface area contributed by atoms with E-state index < -0.39 is 0 Å². The zero-order chi connectivity index (χ0) is 12.0. The van der Waals surface area contributed by atoms with Gasteiger partial charge >= 0.3 is 0 Å². The predicted molar refractivity (Wildman–Crippen MR) is 72.6 cm³/mol. The molecule has 0 unspecified atom stereocenters. The van der Waals surface area contributed by atoms with E-state index in [9.17, 15) is 0 Å². The number of aryl methyl sites for hydroxylation is 2. The van der Waals surface area contributed by atoms with Gasteiger partial charge in [0.1, 0.15) is 0 Å². The van der Waals surface area contributed by atoms with E-state index in [4.69, 9.17) is 4.74 Å². The van der Waals surface area contributed by atoms with Crippen LogP contribution in [0.4, 0.5) is 0 Å². The molecule has 0 aliphatic heterocycles. The van der Waals surface area contributed by atoms with Gasteiger partial charge in [-0.05, 0) is 39.8 Å². The highest BCUT2D eigenvalue weighted by Crippen LogP contribution is 2.00. The van der Waals surface area contributed by atoms with Crippen molar-refractivity contribution in [3.05, 3.63) is 17.5 Å². The molecule has 1 heterocycles. The molecular formula is C12H24ClN3O. The van der Waals surface area contributed by atoms with Crippen molar-refractivity contribution in [2.45, 2.75) is 39.8 Å². The summed E-state index contributed by atoms with van der Waals surface area (Å²) in [6.45, 7) is 8.82. The van der Waals surface area contributed by atoms with E-state index in [-0.39, 0.29) is 12.4 Å². The Kier molecular flexibility index (Phi) is 8.21. The summed E-state index contributed by atoms with van der Waals surface area (Å²) < 4.78 is 7.39. The SMILES string of the molecule is Cc1cc(CNCCCOC(C)C)n(C)n1.Cl. The summed E-state index contributed by atoms with van der Waals surface area (Å²) in [5, 5.41) is 7.69. The number of rotatable bonds is 7. The van der Waals surface area contributed by atoms with Gasteiger partial charge in [0.15, 0.2) is 0 Å². The van der Waals surface area contributed by atoms with Crippen LogP contribution in [0.1, 0.15) is 31.7 Å². The van der Waals surface area contributed by atoms with Crippen molar-refractivity contribution in [1.29, 1.82) is 0 Å². The first-order valence-electron chi connectivity index (χ1n) is 5.91. The minimum atomic E-state index is 0. The number of halogens is 1. The summed E-state index contributed by atoms with van der Waals surface area (Å²) in [5.41, 5.74) is 2.30. The van der Waals surface area contributed by atoms with Gasteiger partial charge in [0, 0.05) is 20.2 Å². The van der Waals surface area contributed by atoms with Crippen LogP contribution in [-0.2, 0) is 18.3 Å². The van der Waals surface area contributed by atoms with E-state index in [1.165, 1.54) is 5.69 Å². The van der Waals surface area contributed by atoms with Gasteiger partial charge in [-0.2, -0.15) is 5.10 Å². The Morgan fingerprint density at radius 2 is 2.18 bits per heavy atom. The fraction of sp³-hybridized carbons (Fsp3) is 0.750. The summed E-state index contributed by atoms with van der Waals surface area (Å²) in [6, 6.07) is 2.11. The van der Waals surface area contributed by atoms with Crippen LogP contribution >= 0.6 is 12.4 Å². The first-order valence-corrected chi connectivity index (χ1v) is 5.91. The van der Waals surface area contributed by atoms with E-state index in [1.54, 1.807) is 0 Å². The van der Waals surface area contributed by atoms with Crippen LogP contribution in [0.15, 0.2) is 6.07 Å². The zero-order valence-electron chi connectivity index (χ0n) is 11.2. The minimum Gasteiger partial charge on any atom is -0.379 e. The molecule has 1 N–H and O–H groups in total. The Bertz CT molecular complexity index is 313. The number of aromatic nitrogens is 2. The van der Waals surface area contributed by atoms with E-state index in [1.807, 2.05) is 18.7 Å². The van der Waals surface area contributed by atoms with Crippen LogP contribution < -0.4 is 5.32 Å². The molecule has 17 heavy (non-hydrogen) atoms. The molecule has 4 nitrogen and oxygen atoms in total. The maximum Gasteiger partial charge on any atom is 0.0597 e. The van der Waals surface area contributed by atoms with Gasteiger partial charge < -0.3 is 10.1 Å². The first kappa shape index (κ1) is 16.4. The minimum absolute atomic E-state index is 0. The van der Waals surface area contributed by atoms with E-state index >= 15 is 0 Å². The Morgan fingerprint density at radius 1 is 1.47 bits per heavy atom. The molecule has 1 rings (SSSR count). The van der Waals surface area contributed by atoms with Crippen LogP contribution in [0.25, 0.3) is 0 Å². The van der Waals surface area contributed by atoms with Crippen molar-refractivity contribution in [3.63, 3.8) is 0 Å². The van der Waals surface area contributed by atoms with Crippen molar-refractivity contribution in [3.8, 4) is 0 Å². The molecule has 0 aliphatic carbocycles. The average molecular weight is 262 g/mol. The lowest BCUT2D eigenvalue weighted by Gasteiger charge is -2.08. The van der Waals surface area contributed by atoms with Crippen LogP contribution in [-0.4, -0.2) is 29.0 Å². The molecule has 0 spiro atoms. The number of hydrogen-bond acceptors (Lipinski definition) is 3. The summed E-state index contributed by atoms with van der Waals surface area (Å²) in [5.74, 6) is 0. The highest BCUT2D eigenvalue weighted by atomic mass is 35.5. The smallest absolute Gasteiger partial charge is 0.0597 e. The maximum absolute atomic E-state index is 5.46. The van der Waals surface area contributed by atoms with Crippen molar-refractivity contribution in [1.82, 2.24) is 15.1 Å². The quantitative estimate of drug-likeness (QED) is 0.764. The predicted octanol–water partition coefficient (Wildman–Crippen LogP) is 2.06. The maximum atomic E-state index is 5.46. The van der Waals surface area contributed by atoms with Crippen LogP contribution in [0, 0.1) is 6.92 Å². The number of ether oxygens (including phenoxy) is 1.